The number of hydrogen-bond donors (Lipinski definition) is 1. The third-order valence-electron chi connectivity index (χ3n) is 2.02. The Morgan fingerprint density at radius 3 is 2.59 bits per heavy atom. The Morgan fingerprint density at radius 2 is 1.94 bits per heavy atom. The second-order valence-corrected chi connectivity index (χ2v) is 5.44. The summed E-state index contributed by atoms with van der Waals surface area (Å²) in [6.45, 7) is 0. The lowest BCUT2D eigenvalue weighted by Crippen LogP contribution is -1.96. The molecule has 2 rings (SSSR count). The topological polar surface area (TPSA) is 37.8 Å². The second kappa shape index (κ2) is 5.71. The molecule has 0 amide bonds. The molecule has 6 heteroatoms. The average Bonchev–Trinajstić information content (AvgIpc) is 2.35. The van der Waals surface area contributed by atoms with Crippen LogP contribution < -0.4 is 5.32 Å². The van der Waals surface area contributed by atoms with Crippen molar-refractivity contribution in [2.24, 2.45) is 0 Å². The van der Waals surface area contributed by atoms with Gasteiger partial charge in [0, 0.05) is 17.0 Å². The highest BCUT2D eigenvalue weighted by Gasteiger charge is 2.08. The van der Waals surface area contributed by atoms with Gasteiger partial charge >= 0.3 is 0 Å². The van der Waals surface area contributed by atoms with Gasteiger partial charge in [0.2, 0.25) is 0 Å². The summed E-state index contributed by atoms with van der Waals surface area (Å²) in [5.41, 5.74) is 0. The van der Waals surface area contributed by atoms with E-state index in [2.05, 4.69) is 31.2 Å². The van der Waals surface area contributed by atoms with Crippen molar-refractivity contribution >= 4 is 45.1 Å². The van der Waals surface area contributed by atoms with Crippen LogP contribution in [0.5, 0.6) is 0 Å². The summed E-state index contributed by atoms with van der Waals surface area (Å²) in [4.78, 5) is 9.43. The molecule has 17 heavy (non-hydrogen) atoms. The van der Waals surface area contributed by atoms with Crippen molar-refractivity contribution in [3.8, 4) is 0 Å². The van der Waals surface area contributed by atoms with Gasteiger partial charge in [-0.3, -0.25) is 0 Å². The van der Waals surface area contributed by atoms with E-state index in [-0.39, 0.29) is 0 Å². The monoisotopic (exact) mass is 329 g/mol. The first-order valence-corrected chi connectivity index (χ1v) is 6.81. The second-order valence-electron chi connectivity index (χ2n) is 3.15. The van der Waals surface area contributed by atoms with Crippen LogP contribution in [0.15, 0.2) is 45.0 Å². The van der Waals surface area contributed by atoms with Gasteiger partial charge in [-0.25, -0.2) is 9.97 Å². The Hall–Kier alpha value is -0.780. The Kier molecular flexibility index (Phi) is 4.25. The molecule has 0 fully saturated rings. The van der Waals surface area contributed by atoms with Gasteiger partial charge in [-0.05, 0) is 40.2 Å². The number of aromatic nitrogens is 2. The van der Waals surface area contributed by atoms with E-state index in [1.165, 1.54) is 6.33 Å². The van der Waals surface area contributed by atoms with Gasteiger partial charge in [0.05, 0.1) is 4.47 Å². The van der Waals surface area contributed by atoms with Crippen LogP contribution in [-0.2, 0) is 0 Å². The molecule has 0 aliphatic heterocycles. The Morgan fingerprint density at radius 1 is 1.24 bits per heavy atom. The third-order valence-corrected chi connectivity index (χ3v) is 4.30. The maximum absolute atomic E-state index is 5.84. The molecule has 0 saturated carbocycles. The molecule has 0 unspecified atom stereocenters. The first-order chi connectivity index (χ1) is 8.20. The zero-order valence-electron chi connectivity index (χ0n) is 8.95. The van der Waals surface area contributed by atoms with E-state index >= 15 is 0 Å². The maximum atomic E-state index is 5.84. The molecule has 0 bridgehead atoms. The molecule has 0 spiro atoms. The molecule has 1 aromatic carbocycles. The van der Waals surface area contributed by atoms with Crippen LogP contribution in [0.3, 0.4) is 0 Å². The summed E-state index contributed by atoms with van der Waals surface area (Å²) in [6, 6.07) is 7.64. The van der Waals surface area contributed by atoms with Gasteiger partial charge in [-0.2, -0.15) is 0 Å². The fraction of sp³-hybridized carbons (Fsp3) is 0.0909. The minimum atomic E-state index is 0.729. The summed E-state index contributed by atoms with van der Waals surface area (Å²) >= 11 is 10.9. The van der Waals surface area contributed by atoms with E-state index in [0.29, 0.717) is 0 Å². The summed E-state index contributed by atoms with van der Waals surface area (Å²) in [5.74, 6) is 0.775. The molecule has 0 atom stereocenters. The number of hydrogen-bond acceptors (Lipinski definition) is 4. The van der Waals surface area contributed by atoms with Crippen molar-refractivity contribution in [3.63, 3.8) is 0 Å². The van der Waals surface area contributed by atoms with Gasteiger partial charge in [0.15, 0.2) is 0 Å². The zero-order valence-corrected chi connectivity index (χ0v) is 12.1. The van der Waals surface area contributed by atoms with E-state index in [1.54, 1.807) is 11.8 Å². The van der Waals surface area contributed by atoms with Crippen molar-refractivity contribution in [2.75, 3.05) is 12.4 Å². The fourth-order valence-electron chi connectivity index (χ4n) is 1.21. The van der Waals surface area contributed by atoms with Crippen molar-refractivity contribution in [1.82, 2.24) is 9.97 Å². The van der Waals surface area contributed by atoms with E-state index in [1.807, 2.05) is 31.3 Å². The quantitative estimate of drug-likeness (QED) is 0.860. The average molecular weight is 331 g/mol. The van der Waals surface area contributed by atoms with E-state index in [4.69, 9.17) is 11.6 Å². The Bertz CT molecular complexity index is 519. The molecule has 0 radical (unpaired) electrons. The maximum Gasteiger partial charge on any atom is 0.144 e. The van der Waals surface area contributed by atoms with Crippen LogP contribution in [-0.4, -0.2) is 17.0 Å². The van der Waals surface area contributed by atoms with Crippen LogP contribution in [0.1, 0.15) is 0 Å². The van der Waals surface area contributed by atoms with Gasteiger partial charge < -0.3 is 5.32 Å². The zero-order chi connectivity index (χ0) is 12.3. The molecule has 0 saturated heterocycles. The molecule has 3 nitrogen and oxygen atoms in total. The molecular weight excluding hydrogens is 322 g/mol. The number of nitrogens with one attached hydrogen (secondary N) is 1. The molecule has 2 aromatic rings. The number of anilines is 1. The highest BCUT2D eigenvalue weighted by Crippen LogP contribution is 2.34. The van der Waals surface area contributed by atoms with Crippen molar-refractivity contribution in [3.05, 3.63) is 40.1 Å². The number of nitrogens with zero attached hydrogens (tertiary/aromatic N) is 2. The van der Waals surface area contributed by atoms with Gasteiger partial charge in [-0.15, -0.1) is 0 Å². The van der Waals surface area contributed by atoms with Gasteiger partial charge in [0.1, 0.15) is 17.2 Å². The molecule has 1 N–H and O–H groups in total. The molecule has 1 heterocycles. The minimum Gasteiger partial charge on any atom is -0.372 e. The van der Waals surface area contributed by atoms with E-state index in [0.717, 1.165) is 25.2 Å². The number of benzene rings is 1. The van der Waals surface area contributed by atoms with Gasteiger partial charge in [0.25, 0.3) is 0 Å². The van der Waals surface area contributed by atoms with E-state index in [9.17, 15) is 0 Å². The lowest BCUT2D eigenvalue weighted by Gasteiger charge is -2.06. The summed E-state index contributed by atoms with van der Waals surface area (Å²) in [6.07, 6.45) is 1.54. The number of halogens is 2. The van der Waals surface area contributed by atoms with Crippen molar-refractivity contribution in [2.45, 2.75) is 9.92 Å². The summed E-state index contributed by atoms with van der Waals surface area (Å²) < 4.78 is 0.863. The van der Waals surface area contributed by atoms with Gasteiger partial charge in [-0.1, -0.05) is 23.4 Å². The van der Waals surface area contributed by atoms with Crippen LogP contribution in [0, 0.1) is 0 Å². The first kappa shape index (κ1) is 12.7. The highest BCUT2D eigenvalue weighted by molar-refractivity contribution is 9.10. The van der Waals surface area contributed by atoms with Crippen LogP contribution in [0.25, 0.3) is 0 Å². The van der Waals surface area contributed by atoms with Crippen LogP contribution in [0.2, 0.25) is 5.02 Å². The summed E-state index contributed by atoms with van der Waals surface area (Å²) in [7, 11) is 1.82. The van der Waals surface area contributed by atoms with Crippen molar-refractivity contribution in [1.29, 1.82) is 0 Å². The van der Waals surface area contributed by atoms with Crippen molar-refractivity contribution < 1.29 is 0 Å². The van der Waals surface area contributed by atoms with Crippen LogP contribution in [0.4, 0.5) is 5.82 Å². The minimum absolute atomic E-state index is 0.729. The molecular formula is C11H9BrClN3S. The molecule has 1 aromatic heterocycles. The molecule has 0 aliphatic carbocycles. The SMILES string of the molecule is CNc1ncnc(Sc2ccc(Cl)cc2)c1Br. The normalized spacial score (nSPS) is 10.3. The predicted octanol–water partition coefficient (Wildman–Crippen LogP) is 4.09. The van der Waals surface area contributed by atoms with Crippen LogP contribution >= 0.6 is 39.3 Å². The Labute approximate surface area is 117 Å². The first-order valence-electron chi connectivity index (χ1n) is 4.82. The van der Waals surface area contributed by atoms with E-state index < -0.39 is 0 Å². The summed E-state index contributed by atoms with van der Waals surface area (Å²) in [5, 5.41) is 4.59. The highest BCUT2D eigenvalue weighted by atomic mass is 79.9. The molecule has 88 valence electrons. The fourth-order valence-corrected chi connectivity index (χ4v) is 2.77. The predicted molar refractivity (Wildman–Crippen MR) is 74.9 cm³/mol. The lowest BCUT2D eigenvalue weighted by molar-refractivity contribution is 1.03. The smallest absolute Gasteiger partial charge is 0.144 e. The third kappa shape index (κ3) is 3.12. The largest absolute Gasteiger partial charge is 0.372 e. The standard InChI is InChI=1S/C11H9BrClN3S/c1-14-10-9(12)11(16-6-15-10)17-8-4-2-7(13)3-5-8/h2-6H,1H3,(H,14,15,16). The number of rotatable bonds is 3. The lowest BCUT2D eigenvalue weighted by atomic mass is 10.4. The Balaban J connectivity index is 2.27. The molecule has 0 aliphatic rings.